The smallest absolute Gasteiger partial charge is 0.365 e. The summed E-state index contributed by atoms with van der Waals surface area (Å²) in [7, 11) is 2.71. The molecular weight excluding hydrogens is 925 g/mol. The second kappa shape index (κ2) is 28.7. The second-order valence-corrected chi connectivity index (χ2v) is 17.5. The van der Waals surface area contributed by atoms with Crippen molar-refractivity contribution in [3.8, 4) is 0 Å². The van der Waals surface area contributed by atoms with Gasteiger partial charge < -0.3 is 34.9 Å². The molecule has 0 spiro atoms. The maximum atomic E-state index is 15.0. The fraction of sp³-hybridized carbons (Fsp3) is 0.532. The lowest BCUT2D eigenvalue weighted by atomic mass is 9.92. The Morgan fingerprint density at radius 2 is 1.42 bits per heavy atom. The lowest BCUT2D eigenvalue weighted by Gasteiger charge is -2.37. The highest BCUT2D eigenvalue weighted by Gasteiger charge is 2.50. The minimum Gasteiger partial charge on any atom is -0.379 e. The second-order valence-electron chi connectivity index (χ2n) is 16.3. The number of thioether (sulfide) groups is 1. The van der Waals surface area contributed by atoms with Crippen LogP contribution in [0.2, 0.25) is 0 Å². The number of hydrogen-bond donors (Lipinski definition) is 3. The largest absolute Gasteiger partial charge is 0.379 e. The number of carbonyl (C=O) groups is 7. The van der Waals surface area contributed by atoms with E-state index >= 15 is 4.39 Å². The first-order valence-electron chi connectivity index (χ1n) is 22.7. The van der Waals surface area contributed by atoms with Crippen molar-refractivity contribution in [2.75, 3.05) is 86.6 Å². The third kappa shape index (κ3) is 17.4. The Bertz CT molecular complexity index is 2120. The van der Waals surface area contributed by atoms with E-state index in [-0.39, 0.29) is 112 Å². The lowest BCUT2D eigenvalue weighted by molar-refractivity contribution is -0.137. The van der Waals surface area contributed by atoms with E-state index in [2.05, 4.69) is 21.1 Å². The first-order chi connectivity index (χ1) is 33.1. The number of nitrogens with one attached hydrogen (secondary N) is 3. The number of nitrogens with zero attached hydrogens (tertiary/aromatic N) is 4. The number of amides is 7. The van der Waals surface area contributed by atoms with E-state index in [9.17, 15) is 38.0 Å². The summed E-state index contributed by atoms with van der Waals surface area (Å²) in [6, 6.07) is 10.5. The molecule has 3 N–H and O–H groups in total. The highest BCUT2D eigenvalue weighted by atomic mass is 32.2. The summed E-state index contributed by atoms with van der Waals surface area (Å²) < 4.78 is 51.2. The molecule has 2 aliphatic rings. The summed E-state index contributed by atoms with van der Waals surface area (Å²) in [5.41, 5.74) is 0.540. The third-order valence-corrected chi connectivity index (χ3v) is 12.2. The Labute approximate surface area is 404 Å². The lowest BCUT2D eigenvalue weighted by Crippen LogP contribution is -2.47. The number of hydrogen-bond acceptors (Lipinski definition) is 14. The van der Waals surface area contributed by atoms with Gasteiger partial charge in [-0.2, -0.15) is 10.1 Å². The fourth-order valence-corrected chi connectivity index (χ4v) is 8.41. The summed E-state index contributed by atoms with van der Waals surface area (Å²) >= 11 is 1.09. The van der Waals surface area contributed by atoms with Crippen LogP contribution in [0.25, 0.3) is 0 Å². The monoisotopic (exact) mass is 987 g/mol. The molecule has 0 unspecified atom stereocenters. The van der Waals surface area contributed by atoms with Crippen LogP contribution in [0.5, 0.6) is 0 Å². The molecule has 22 heteroatoms. The summed E-state index contributed by atoms with van der Waals surface area (Å²) in [6.45, 7) is 7.81. The SMILES string of the molecule is CON(C)C(=O)N1N=C(c2cc(F)ccc2F)S[C@@]1(CCCNC(=O)[C@H](C)CC(=O)[C@@H](NC(=O)CCOCCOCCOCCOCCNC(=O)CCN1C(=O)C=CC1=O)C(C)C)c1ccccc1. The molecule has 378 valence electrons. The van der Waals surface area contributed by atoms with Crippen LogP contribution in [0.15, 0.2) is 65.8 Å². The number of hydroxylamine groups is 2. The van der Waals surface area contributed by atoms with Gasteiger partial charge in [0.15, 0.2) is 5.78 Å². The molecule has 0 fully saturated rings. The molecule has 2 aliphatic heterocycles. The number of halogens is 2. The van der Waals surface area contributed by atoms with Gasteiger partial charge in [0.05, 0.1) is 66.0 Å². The van der Waals surface area contributed by atoms with Crippen molar-refractivity contribution in [3.05, 3.63) is 83.4 Å². The molecule has 2 aromatic rings. The summed E-state index contributed by atoms with van der Waals surface area (Å²) in [5.74, 6) is -4.58. The van der Waals surface area contributed by atoms with Crippen molar-refractivity contribution in [1.29, 1.82) is 0 Å². The Morgan fingerprint density at radius 1 is 0.797 bits per heavy atom. The van der Waals surface area contributed by atoms with Gasteiger partial charge in [0.25, 0.3) is 11.8 Å². The highest BCUT2D eigenvalue weighted by molar-refractivity contribution is 8.15. The molecular formula is C47H63F2N7O12S. The zero-order chi connectivity index (χ0) is 50.3. The number of Topliss-reactive ketones (excluding diaryl/α,β-unsaturated/α-hetero) is 1. The quantitative estimate of drug-likeness (QED) is 0.0558. The van der Waals surface area contributed by atoms with Crippen LogP contribution in [0.3, 0.4) is 0 Å². The van der Waals surface area contributed by atoms with Gasteiger partial charge >= 0.3 is 6.03 Å². The van der Waals surface area contributed by atoms with Gasteiger partial charge in [-0.3, -0.25) is 38.5 Å². The molecule has 0 radical (unpaired) electrons. The van der Waals surface area contributed by atoms with Crippen molar-refractivity contribution in [2.24, 2.45) is 16.9 Å². The minimum atomic E-state index is -1.24. The predicted molar refractivity (Wildman–Crippen MR) is 250 cm³/mol. The Morgan fingerprint density at radius 3 is 2.04 bits per heavy atom. The number of carbonyl (C=O) groups excluding carboxylic acids is 7. The first-order valence-corrected chi connectivity index (χ1v) is 23.5. The van der Waals surface area contributed by atoms with Crippen LogP contribution in [-0.2, 0) is 57.4 Å². The molecule has 4 rings (SSSR count). The number of benzene rings is 2. The molecule has 3 atom stereocenters. The van der Waals surface area contributed by atoms with Gasteiger partial charge in [-0.15, -0.1) is 0 Å². The molecule has 19 nitrogen and oxygen atoms in total. The zero-order valence-corrected chi connectivity index (χ0v) is 40.5. The molecule has 0 saturated heterocycles. The van der Waals surface area contributed by atoms with E-state index < -0.39 is 46.3 Å². The van der Waals surface area contributed by atoms with Crippen molar-refractivity contribution in [3.63, 3.8) is 0 Å². The topological polar surface area (TPSA) is 224 Å². The fourth-order valence-electron chi connectivity index (χ4n) is 7.00. The van der Waals surface area contributed by atoms with E-state index in [4.69, 9.17) is 23.8 Å². The normalized spacial score (nSPS) is 16.4. The summed E-state index contributed by atoms with van der Waals surface area (Å²) in [5, 5.41) is 15.0. The standard InChI is InChI=1S/C47H63F2N7O12S/c1-32(2)43(52-40(59)17-22-65-24-26-67-28-29-68-27-25-66-23-20-50-39(58)16-21-55-41(60)14-15-42(55)61)38(57)30-33(3)44(62)51-19-9-18-47(34-10-7-6-8-11-34)56(46(63)54(4)64-5)53-45(69-47)36-31-35(48)12-13-37(36)49/h6-8,10-15,31-33,43H,9,16-30H2,1-5H3,(H,50,58)(H,51,62)(H,52,59)/t33-,43+,47+/m1/s1. The summed E-state index contributed by atoms with van der Waals surface area (Å²) in [4.78, 5) is 93.0. The van der Waals surface area contributed by atoms with E-state index in [0.29, 0.717) is 38.4 Å². The average molecular weight is 988 g/mol. The molecule has 0 bridgehead atoms. The van der Waals surface area contributed by atoms with Crippen LogP contribution < -0.4 is 16.0 Å². The van der Waals surface area contributed by atoms with Crippen molar-refractivity contribution < 1.29 is 66.1 Å². The van der Waals surface area contributed by atoms with Crippen LogP contribution >= 0.6 is 11.8 Å². The number of rotatable bonds is 31. The first kappa shape index (κ1) is 55.9. The third-order valence-electron chi connectivity index (χ3n) is 10.8. The molecule has 0 saturated carbocycles. The Balaban J connectivity index is 1.10. The molecule has 0 aliphatic carbocycles. The van der Waals surface area contributed by atoms with Gasteiger partial charge in [0.1, 0.15) is 21.5 Å². The van der Waals surface area contributed by atoms with Gasteiger partial charge in [0.2, 0.25) is 17.7 Å². The maximum Gasteiger partial charge on any atom is 0.365 e. The molecule has 0 aromatic heterocycles. The molecule has 7 amide bonds. The average Bonchev–Trinajstić information content (AvgIpc) is 3.88. The number of ether oxygens (including phenoxy) is 4. The van der Waals surface area contributed by atoms with Gasteiger partial charge in [-0.05, 0) is 42.5 Å². The number of hydrazone groups is 1. The zero-order valence-electron chi connectivity index (χ0n) is 39.7. The number of urea groups is 1. The molecule has 2 aromatic carbocycles. The summed E-state index contributed by atoms with van der Waals surface area (Å²) in [6.07, 6.45) is 2.77. The Hall–Kier alpha value is -5.65. The van der Waals surface area contributed by atoms with Crippen LogP contribution in [0.4, 0.5) is 13.6 Å². The van der Waals surface area contributed by atoms with Crippen molar-refractivity contribution in [2.45, 2.75) is 63.8 Å². The van der Waals surface area contributed by atoms with Crippen molar-refractivity contribution >= 4 is 58.2 Å². The van der Waals surface area contributed by atoms with E-state index in [1.54, 1.807) is 51.1 Å². The number of ketones is 1. The highest BCUT2D eigenvalue weighted by Crippen LogP contribution is 2.51. The van der Waals surface area contributed by atoms with E-state index in [0.717, 1.165) is 39.9 Å². The predicted octanol–water partition coefficient (Wildman–Crippen LogP) is 3.66. The minimum absolute atomic E-state index is 0.00745. The van der Waals surface area contributed by atoms with Gasteiger partial charge in [0, 0.05) is 69.6 Å². The number of imide groups is 1. The molecule has 2 heterocycles. The van der Waals surface area contributed by atoms with Crippen LogP contribution in [0.1, 0.15) is 64.0 Å². The van der Waals surface area contributed by atoms with Gasteiger partial charge in [-0.25, -0.2) is 18.6 Å². The van der Waals surface area contributed by atoms with E-state index in [1.807, 2.05) is 0 Å². The van der Waals surface area contributed by atoms with Crippen LogP contribution in [0, 0.1) is 23.5 Å². The molecule has 69 heavy (non-hydrogen) atoms. The van der Waals surface area contributed by atoms with Gasteiger partial charge in [-0.1, -0.05) is 62.9 Å². The maximum absolute atomic E-state index is 15.0. The van der Waals surface area contributed by atoms with Crippen molar-refractivity contribution in [1.82, 2.24) is 30.9 Å². The Kier molecular flexibility index (Phi) is 23.3. The van der Waals surface area contributed by atoms with E-state index in [1.165, 1.54) is 31.3 Å². The van der Waals surface area contributed by atoms with Crippen LogP contribution in [-0.4, -0.2) is 154 Å².